The SMILES string of the molecule is ClC1(c2cc3ccccc3o2)CN(C(c2ccccc2)c2ccccc2)C1. The summed E-state index contributed by atoms with van der Waals surface area (Å²) in [5.41, 5.74) is 3.47. The molecule has 2 nitrogen and oxygen atoms in total. The molecule has 1 fully saturated rings. The molecule has 3 heteroatoms. The van der Waals surface area contributed by atoms with Crippen LogP contribution in [-0.2, 0) is 4.87 Å². The number of alkyl halides is 1. The van der Waals surface area contributed by atoms with Gasteiger partial charge in [0.2, 0.25) is 0 Å². The van der Waals surface area contributed by atoms with E-state index in [1.54, 1.807) is 0 Å². The second kappa shape index (κ2) is 6.56. The lowest BCUT2D eigenvalue weighted by Crippen LogP contribution is -2.57. The molecule has 1 saturated heterocycles. The zero-order chi connectivity index (χ0) is 18.3. The smallest absolute Gasteiger partial charge is 0.134 e. The van der Waals surface area contributed by atoms with E-state index in [0.29, 0.717) is 0 Å². The van der Waals surface area contributed by atoms with Gasteiger partial charge in [-0.25, -0.2) is 0 Å². The molecule has 0 radical (unpaired) electrons. The molecule has 0 aliphatic carbocycles. The summed E-state index contributed by atoms with van der Waals surface area (Å²) in [5, 5.41) is 1.11. The summed E-state index contributed by atoms with van der Waals surface area (Å²) in [6.07, 6.45) is 0. The van der Waals surface area contributed by atoms with E-state index in [0.717, 1.165) is 29.8 Å². The zero-order valence-corrected chi connectivity index (χ0v) is 15.6. The fraction of sp³-hybridized carbons (Fsp3) is 0.167. The van der Waals surface area contributed by atoms with E-state index in [-0.39, 0.29) is 6.04 Å². The Morgan fingerprint density at radius 1 is 0.778 bits per heavy atom. The first kappa shape index (κ1) is 16.6. The van der Waals surface area contributed by atoms with Crippen LogP contribution in [0.15, 0.2) is 95.4 Å². The number of hydrogen-bond acceptors (Lipinski definition) is 2. The Kier molecular flexibility index (Phi) is 4.04. The van der Waals surface area contributed by atoms with Gasteiger partial charge in [-0.05, 0) is 23.3 Å². The predicted octanol–water partition coefficient (Wildman–Crippen LogP) is 5.97. The second-order valence-corrected chi connectivity index (χ2v) is 7.97. The van der Waals surface area contributed by atoms with Crippen LogP contribution in [0, 0.1) is 0 Å². The lowest BCUT2D eigenvalue weighted by Gasteiger charge is -2.49. The highest BCUT2D eigenvalue weighted by Gasteiger charge is 2.48. The molecular formula is C24H20ClNO. The van der Waals surface area contributed by atoms with Crippen LogP contribution < -0.4 is 0 Å². The summed E-state index contributed by atoms with van der Waals surface area (Å²) in [5.74, 6) is 0.862. The number of benzene rings is 3. The van der Waals surface area contributed by atoms with Crippen LogP contribution in [0.3, 0.4) is 0 Å². The molecule has 0 N–H and O–H groups in total. The Bertz CT molecular complexity index is 979. The summed E-state index contributed by atoms with van der Waals surface area (Å²) >= 11 is 6.98. The molecule has 27 heavy (non-hydrogen) atoms. The van der Waals surface area contributed by atoms with Gasteiger partial charge in [-0.2, -0.15) is 0 Å². The Morgan fingerprint density at radius 2 is 1.33 bits per heavy atom. The van der Waals surface area contributed by atoms with Gasteiger partial charge in [-0.15, -0.1) is 11.6 Å². The van der Waals surface area contributed by atoms with E-state index >= 15 is 0 Å². The number of hydrogen-bond donors (Lipinski definition) is 0. The number of halogens is 1. The molecule has 0 amide bonds. The minimum Gasteiger partial charge on any atom is -0.459 e. The van der Waals surface area contributed by atoms with Gasteiger partial charge >= 0.3 is 0 Å². The highest BCUT2D eigenvalue weighted by Crippen LogP contribution is 2.46. The van der Waals surface area contributed by atoms with E-state index in [1.807, 2.05) is 18.2 Å². The van der Waals surface area contributed by atoms with Crippen molar-refractivity contribution in [2.75, 3.05) is 13.1 Å². The fourth-order valence-corrected chi connectivity index (χ4v) is 4.42. The van der Waals surface area contributed by atoms with Crippen molar-refractivity contribution in [2.24, 2.45) is 0 Å². The van der Waals surface area contributed by atoms with Gasteiger partial charge in [0.25, 0.3) is 0 Å². The minimum atomic E-state index is -0.471. The van der Waals surface area contributed by atoms with E-state index in [2.05, 4.69) is 77.7 Å². The molecule has 0 atom stereocenters. The molecule has 0 spiro atoms. The standard InChI is InChI=1S/C24H20ClNO/c25-24(22-15-20-13-7-8-14-21(20)27-22)16-26(17-24)23(18-9-3-1-4-10-18)19-11-5-2-6-12-19/h1-15,23H,16-17H2. The average Bonchev–Trinajstić information content (AvgIpc) is 3.13. The number of fused-ring (bicyclic) bond motifs is 1. The third-order valence-electron chi connectivity index (χ3n) is 5.37. The summed E-state index contributed by atoms with van der Waals surface area (Å²) in [7, 11) is 0. The van der Waals surface area contributed by atoms with Crippen molar-refractivity contribution in [3.8, 4) is 0 Å². The fourth-order valence-electron chi connectivity index (χ4n) is 4.02. The van der Waals surface area contributed by atoms with Gasteiger partial charge in [0.05, 0.1) is 6.04 Å². The lowest BCUT2D eigenvalue weighted by molar-refractivity contribution is 0.0752. The van der Waals surface area contributed by atoms with E-state index in [9.17, 15) is 0 Å². The van der Waals surface area contributed by atoms with Crippen molar-refractivity contribution < 1.29 is 4.42 Å². The van der Waals surface area contributed by atoms with Gasteiger partial charge in [0, 0.05) is 18.5 Å². The van der Waals surface area contributed by atoms with Crippen LogP contribution in [-0.4, -0.2) is 18.0 Å². The van der Waals surface area contributed by atoms with Crippen LogP contribution in [0.5, 0.6) is 0 Å². The number of rotatable bonds is 4. The first-order valence-corrected chi connectivity index (χ1v) is 9.63. The molecule has 1 aliphatic heterocycles. The molecule has 4 aromatic rings. The third kappa shape index (κ3) is 2.95. The van der Waals surface area contributed by atoms with Crippen LogP contribution >= 0.6 is 11.6 Å². The molecular weight excluding hydrogens is 354 g/mol. The Balaban J connectivity index is 1.45. The Hall–Kier alpha value is -2.55. The van der Waals surface area contributed by atoms with Gasteiger partial charge in [0.1, 0.15) is 16.2 Å². The summed E-state index contributed by atoms with van der Waals surface area (Å²) in [6.45, 7) is 1.51. The first-order valence-electron chi connectivity index (χ1n) is 9.25. The van der Waals surface area contributed by atoms with Gasteiger partial charge in [-0.3, -0.25) is 4.90 Å². The van der Waals surface area contributed by atoms with Crippen molar-refractivity contribution >= 4 is 22.6 Å². The quantitative estimate of drug-likeness (QED) is 0.409. The highest BCUT2D eigenvalue weighted by molar-refractivity contribution is 6.25. The molecule has 5 rings (SSSR count). The van der Waals surface area contributed by atoms with Crippen molar-refractivity contribution in [1.82, 2.24) is 4.90 Å². The molecule has 0 bridgehead atoms. The highest BCUT2D eigenvalue weighted by atomic mass is 35.5. The Morgan fingerprint density at radius 3 is 1.93 bits per heavy atom. The van der Waals surface area contributed by atoms with E-state index in [1.165, 1.54) is 11.1 Å². The topological polar surface area (TPSA) is 16.4 Å². The second-order valence-electron chi connectivity index (χ2n) is 7.24. The third-order valence-corrected chi connectivity index (χ3v) is 5.80. The van der Waals surface area contributed by atoms with Gasteiger partial charge < -0.3 is 4.42 Å². The Labute approximate surface area is 164 Å². The van der Waals surface area contributed by atoms with Crippen molar-refractivity contribution in [2.45, 2.75) is 10.9 Å². The number of furan rings is 1. The molecule has 0 unspecified atom stereocenters. The van der Waals surface area contributed by atoms with Crippen LogP contribution in [0.2, 0.25) is 0 Å². The van der Waals surface area contributed by atoms with Crippen LogP contribution in [0.4, 0.5) is 0 Å². The maximum atomic E-state index is 6.98. The van der Waals surface area contributed by atoms with Gasteiger partial charge in [-0.1, -0.05) is 78.9 Å². The lowest BCUT2D eigenvalue weighted by atomic mass is 9.88. The minimum absolute atomic E-state index is 0.198. The van der Waals surface area contributed by atoms with E-state index < -0.39 is 4.87 Å². The van der Waals surface area contributed by atoms with Crippen LogP contribution in [0.25, 0.3) is 11.0 Å². The summed E-state index contributed by atoms with van der Waals surface area (Å²) in [6, 6.07) is 31.6. The van der Waals surface area contributed by atoms with Crippen molar-refractivity contribution in [3.63, 3.8) is 0 Å². The first-order chi connectivity index (χ1) is 13.2. The number of nitrogens with zero attached hydrogens (tertiary/aromatic N) is 1. The predicted molar refractivity (Wildman–Crippen MR) is 110 cm³/mol. The van der Waals surface area contributed by atoms with E-state index in [4.69, 9.17) is 16.0 Å². The van der Waals surface area contributed by atoms with Gasteiger partial charge in [0.15, 0.2) is 0 Å². The molecule has 1 aromatic heterocycles. The largest absolute Gasteiger partial charge is 0.459 e. The molecule has 2 heterocycles. The number of likely N-dealkylation sites (tertiary alicyclic amines) is 1. The normalized spacial score (nSPS) is 16.5. The molecule has 0 saturated carbocycles. The van der Waals surface area contributed by atoms with Crippen molar-refractivity contribution in [3.05, 3.63) is 108 Å². The monoisotopic (exact) mass is 373 g/mol. The zero-order valence-electron chi connectivity index (χ0n) is 14.9. The maximum Gasteiger partial charge on any atom is 0.134 e. The van der Waals surface area contributed by atoms with Crippen molar-refractivity contribution in [1.29, 1.82) is 0 Å². The molecule has 3 aromatic carbocycles. The average molecular weight is 374 g/mol. The number of para-hydroxylation sites is 1. The molecule has 1 aliphatic rings. The summed E-state index contributed by atoms with van der Waals surface area (Å²) in [4.78, 5) is 1.95. The summed E-state index contributed by atoms with van der Waals surface area (Å²) < 4.78 is 6.06. The maximum absolute atomic E-state index is 6.98. The molecule has 134 valence electrons. The van der Waals surface area contributed by atoms with Crippen LogP contribution in [0.1, 0.15) is 22.9 Å².